The number of nitrogens with zero attached hydrogens (tertiary/aromatic N) is 1. The Morgan fingerprint density at radius 2 is 1.89 bits per heavy atom. The highest BCUT2D eigenvalue weighted by atomic mass is 16.5. The molecule has 0 aliphatic carbocycles. The molecule has 3 N–H and O–H groups in total. The molecule has 150 valence electrons. The molecule has 28 heavy (non-hydrogen) atoms. The largest absolute Gasteiger partial charge is 0.495 e. The van der Waals surface area contributed by atoms with Crippen molar-refractivity contribution >= 4 is 17.6 Å². The van der Waals surface area contributed by atoms with Crippen molar-refractivity contribution in [2.24, 2.45) is 4.99 Å². The normalized spacial score (nSPS) is 11.1. The Bertz CT molecular complexity index is 846. The van der Waals surface area contributed by atoms with E-state index in [0.717, 1.165) is 18.1 Å². The van der Waals surface area contributed by atoms with E-state index in [2.05, 4.69) is 53.0 Å². The second kappa shape index (κ2) is 10.3. The van der Waals surface area contributed by atoms with Gasteiger partial charge >= 0.3 is 0 Å². The van der Waals surface area contributed by atoms with Gasteiger partial charge < -0.3 is 20.7 Å². The van der Waals surface area contributed by atoms with Crippen molar-refractivity contribution in [2.45, 2.75) is 40.8 Å². The summed E-state index contributed by atoms with van der Waals surface area (Å²) in [6.45, 7) is 9.70. The van der Waals surface area contributed by atoms with E-state index < -0.39 is 0 Å². The van der Waals surface area contributed by atoms with Crippen LogP contribution in [0.4, 0.5) is 5.69 Å². The van der Waals surface area contributed by atoms with Gasteiger partial charge in [-0.3, -0.25) is 4.79 Å². The Balaban J connectivity index is 2.10. The molecule has 0 aliphatic heterocycles. The van der Waals surface area contributed by atoms with E-state index >= 15 is 0 Å². The first-order valence-corrected chi connectivity index (χ1v) is 9.45. The van der Waals surface area contributed by atoms with E-state index in [9.17, 15) is 4.79 Å². The van der Waals surface area contributed by atoms with Gasteiger partial charge in [-0.15, -0.1) is 0 Å². The van der Waals surface area contributed by atoms with Crippen LogP contribution in [0.15, 0.2) is 41.4 Å². The maximum atomic E-state index is 11.4. The van der Waals surface area contributed by atoms with E-state index in [1.807, 2.05) is 25.1 Å². The number of hydrogen-bond acceptors (Lipinski definition) is 3. The van der Waals surface area contributed by atoms with Crippen LogP contribution >= 0.6 is 0 Å². The van der Waals surface area contributed by atoms with Crippen LogP contribution in [0.3, 0.4) is 0 Å². The number of carbonyl (C=O) groups is 1. The number of nitrogens with one attached hydrogen (secondary N) is 3. The summed E-state index contributed by atoms with van der Waals surface area (Å²) in [5.41, 5.74) is 5.40. The molecule has 1 amide bonds. The lowest BCUT2D eigenvalue weighted by Gasteiger charge is -2.14. The van der Waals surface area contributed by atoms with Crippen LogP contribution in [-0.4, -0.2) is 25.5 Å². The molecule has 2 rings (SSSR count). The molecule has 2 aromatic rings. The summed E-state index contributed by atoms with van der Waals surface area (Å²) in [4.78, 5) is 16.1. The number of carbonyl (C=O) groups excluding carboxylic acids is 1. The summed E-state index contributed by atoms with van der Waals surface area (Å²) in [6.07, 6.45) is 0. The van der Waals surface area contributed by atoms with Gasteiger partial charge in [0.1, 0.15) is 5.75 Å². The summed E-state index contributed by atoms with van der Waals surface area (Å²) < 4.78 is 5.30. The molecule has 0 heterocycles. The molecule has 0 saturated heterocycles. The molecule has 0 bridgehead atoms. The maximum absolute atomic E-state index is 11.4. The van der Waals surface area contributed by atoms with Gasteiger partial charge in [0.05, 0.1) is 19.3 Å². The van der Waals surface area contributed by atoms with E-state index in [-0.39, 0.29) is 5.91 Å². The molecule has 0 spiro atoms. The predicted molar refractivity (Wildman–Crippen MR) is 115 cm³/mol. The van der Waals surface area contributed by atoms with Gasteiger partial charge in [-0.1, -0.05) is 29.8 Å². The van der Waals surface area contributed by atoms with Gasteiger partial charge in [0, 0.05) is 20.0 Å². The number of benzene rings is 2. The van der Waals surface area contributed by atoms with Gasteiger partial charge in [0.15, 0.2) is 5.96 Å². The highest BCUT2D eigenvalue weighted by molar-refractivity contribution is 5.90. The zero-order valence-corrected chi connectivity index (χ0v) is 17.3. The fourth-order valence-electron chi connectivity index (χ4n) is 2.88. The Morgan fingerprint density at radius 1 is 1.11 bits per heavy atom. The molecule has 6 heteroatoms. The molecule has 0 fully saturated rings. The number of amides is 1. The van der Waals surface area contributed by atoms with Crippen molar-refractivity contribution in [1.29, 1.82) is 0 Å². The summed E-state index contributed by atoms with van der Waals surface area (Å²) >= 11 is 0. The maximum Gasteiger partial charge on any atom is 0.221 e. The number of aliphatic imine (C=N–C) groups is 1. The molecule has 0 unspecified atom stereocenters. The number of ether oxygens (including phenoxy) is 1. The number of methoxy groups -OCH3 is 1. The first kappa shape index (κ1) is 21.3. The van der Waals surface area contributed by atoms with Crippen molar-refractivity contribution in [1.82, 2.24) is 10.6 Å². The molecule has 6 nitrogen and oxygen atoms in total. The minimum atomic E-state index is -0.137. The summed E-state index contributed by atoms with van der Waals surface area (Å²) in [5.74, 6) is 1.24. The van der Waals surface area contributed by atoms with Crippen LogP contribution < -0.4 is 20.7 Å². The van der Waals surface area contributed by atoms with Crippen LogP contribution in [0.2, 0.25) is 0 Å². The second-order valence-corrected chi connectivity index (χ2v) is 6.69. The molecule has 2 aromatic carbocycles. The summed E-state index contributed by atoms with van der Waals surface area (Å²) in [5, 5.41) is 9.44. The molecule has 0 atom stereocenters. The van der Waals surface area contributed by atoms with Gasteiger partial charge in [0.25, 0.3) is 0 Å². The lowest BCUT2D eigenvalue weighted by Crippen LogP contribution is -2.36. The van der Waals surface area contributed by atoms with E-state index in [1.54, 1.807) is 7.11 Å². The quantitative estimate of drug-likeness (QED) is 0.506. The van der Waals surface area contributed by atoms with Gasteiger partial charge in [-0.05, 0) is 49.6 Å². The summed E-state index contributed by atoms with van der Waals surface area (Å²) in [7, 11) is 1.58. The topological polar surface area (TPSA) is 74.8 Å². The van der Waals surface area contributed by atoms with Gasteiger partial charge in [-0.25, -0.2) is 4.99 Å². The Hall–Kier alpha value is -3.02. The average molecular weight is 383 g/mol. The molecule has 0 radical (unpaired) electrons. The van der Waals surface area contributed by atoms with Crippen LogP contribution in [-0.2, 0) is 17.9 Å². The Labute approximate surface area is 167 Å². The smallest absolute Gasteiger partial charge is 0.221 e. The highest BCUT2D eigenvalue weighted by Gasteiger charge is 2.07. The highest BCUT2D eigenvalue weighted by Crippen LogP contribution is 2.25. The van der Waals surface area contributed by atoms with Crippen LogP contribution in [0.25, 0.3) is 0 Å². The molecule has 0 aliphatic rings. The van der Waals surface area contributed by atoms with E-state index in [4.69, 9.17) is 4.74 Å². The standard InChI is InChI=1S/C22H30N4O2/c1-6-23-22(25-14-19-9-7-15(2)11-16(19)3)24-13-18-8-10-21(28-5)20(12-18)26-17(4)27/h7-12H,6,13-14H2,1-5H3,(H,26,27)(H2,23,24,25). The van der Waals surface area contributed by atoms with Crippen LogP contribution in [0.1, 0.15) is 36.1 Å². The van der Waals surface area contributed by atoms with Gasteiger partial charge in [-0.2, -0.15) is 0 Å². The first-order valence-electron chi connectivity index (χ1n) is 9.45. The fraction of sp³-hybridized carbons (Fsp3) is 0.364. The Kier molecular flexibility index (Phi) is 7.87. The molecule has 0 aromatic heterocycles. The van der Waals surface area contributed by atoms with E-state index in [1.165, 1.54) is 23.6 Å². The van der Waals surface area contributed by atoms with Gasteiger partial charge in [0.2, 0.25) is 5.91 Å². The zero-order valence-electron chi connectivity index (χ0n) is 17.3. The third-order valence-electron chi connectivity index (χ3n) is 4.28. The van der Waals surface area contributed by atoms with Crippen molar-refractivity contribution in [2.75, 3.05) is 19.0 Å². The summed E-state index contributed by atoms with van der Waals surface area (Å²) in [6, 6.07) is 12.1. The number of guanidine groups is 1. The molecular formula is C22H30N4O2. The van der Waals surface area contributed by atoms with Crippen LogP contribution in [0, 0.1) is 13.8 Å². The SMILES string of the molecule is CCNC(=NCc1ccc(OC)c(NC(C)=O)c1)NCc1ccc(C)cc1C. The van der Waals surface area contributed by atoms with Crippen molar-refractivity contribution in [3.05, 3.63) is 58.7 Å². The first-order chi connectivity index (χ1) is 13.4. The van der Waals surface area contributed by atoms with Crippen LogP contribution in [0.5, 0.6) is 5.75 Å². The van der Waals surface area contributed by atoms with Crippen molar-refractivity contribution < 1.29 is 9.53 Å². The monoisotopic (exact) mass is 382 g/mol. The number of aryl methyl sites for hydroxylation is 2. The molecular weight excluding hydrogens is 352 g/mol. The van der Waals surface area contributed by atoms with Crippen molar-refractivity contribution in [3.8, 4) is 5.75 Å². The molecule has 0 saturated carbocycles. The lowest BCUT2D eigenvalue weighted by atomic mass is 10.1. The predicted octanol–water partition coefficient (Wildman–Crippen LogP) is 3.53. The zero-order chi connectivity index (χ0) is 20.5. The minimum absolute atomic E-state index is 0.137. The number of rotatable bonds is 7. The Morgan fingerprint density at radius 3 is 2.54 bits per heavy atom. The second-order valence-electron chi connectivity index (χ2n) is 6.69. The third kappa shape index (κ3) is 6.30. The number of anilines is 1. The third-order valence-corrected chi connectivity index (χ3v) is 4.28. The number of hydrogen-bond donors (Lipinski definition) is 3. The van der Waals surface area contributed by atoms with Crippen molar-refractivity contribution in [3.63, 3.8) is 0 Å². The average Bonchev–Trinajstić information content (AvgIpc) is 2.65. The minimum Gasteiger partial charge on any atom is -0.495 e. The fourth-order valence-corrected chi connectivity index (χ4v) is 2.88. The lowest BCUT2D eigenvalue weighted by molar-refractivity contribution is -0.114. The van der Waals surface area contributed by atoms with E-state index in [0.29, 0.717) is 24.5 Å².